The van der Waals surface area contributed by atoms with Crippen molar-refractivity contribution in [2.45, 2.75) is 45.5 Å². The Morgan fingerprint density at radius 3 is 2.43 bits per heavy atom. The van der Waals surface area contributed by atoms with Crippen molar-refractivity contribution in [2.24, 2.45) is 0 Å². The fraction of sp³-hybridized carbons (Fsp3) is 0.533. The third-order valence-electron chi connectivity index (χ3n) is 3.74. The molecule has 0 amide bonds. The lowest BCUT2D eigenvalue weighted by Crippen LogP contribution is -2.41. The normalized spacial score (nSPS) is 21.2. The zero-order chi connectivity index (χ0) is 17.2. The van der Waals surface area contributed by atoms with E-state index in [0.29, 0.717) is 5.69 Å². The minimum Gasteiger partial charge on any atom is -0.465 e. The molecule has 0 aliphatic carbocycles. The summed E-state index contributed by atoms with van der Waals surface area (Å²) in [5, 5.41) is -0.906. The van der Waals surface area contributed by atoms with Crippen molar-refractivity contribution in [1.29, 1.82) is 0 Å². The van der Waals surface area contributed by atoms with Crippen LogP contribution in [-0.2, 0) is 19.6 Å². The summed E-state index contributed by atoms with van der Waals surface area (Å²) in [4.78, 5) is 11.7. The van der Waals surface area contributed by atoms with E-state index in [4.69, 9.17) is 4.74 Å². The largest absolute Gasteiger partial charge is 0.465 e. The highest BCUT2D eigenvalue weighted by Gasteiger charge is 2.38. The van der Waals surface area contributed by atoms with Crippen LogP contribution >= 0.6 is 0 Å². The molecule has 0 saturated carbocycles. The smallest absolute Gasteiger partial charge is 0.324 e. The van der Waals surface area contributed by atoms with E-state index in [1.807, 2.05) is 32.9 Å². The van der Waals surface area contributed by atoms with Crippen LogP contribution in [0.3, 0.4) is 0 Å². The summed E-state index contributed by atoms with van der Waals surface area (Å²) in [5.41, 5.74) is 8.71. The van der Waals surface area contributed by atoms with Gasteiger partial charge in [0.15, 0.2) is 0 Å². The van der Waals surface area contributed by atoms with Gasteiger partial charge in [0.25, 0.3) is 0 Å². The summed E-state index contributed by atoms with van der Waals surface area (Å²) in [6.07, 6.45) is 0.109. The SMILES string of the molecule is CCOC(=O)C1CC(S(=O)(=O)Nc2c(C)cc(C)cc2C)NN1. The summed E-state index contributed by atoms with van der Waals surface area (Å²) < 4.78 is 32.6. The van der Waals surface area contributed by atoms with Crippen LogP contribution in [0.1, 0.15) is 30.0 Å². The number of anilines is 1. The number of sulfonamides is 1. The van der Waals surface area contributed by atoms with Crippen LogP contribution in [0.15, 0.2) is 12.1 Å². The van der Waals surface area contributed by atoms with E-state index < -0.39 is 27.4 Å². The van der Waals surface area contributed by atoms with Gasteiger partial charge in [-0.05, 0) is 38.8 Å². The summed E-state index contributed by atoms with van der Waals surface area (Å²) >= 11 is 0. The fourth-order valence-electron chi connectivity index (χ4n) is 2.68. The van der Waals surface area contributed by atoms with Crippen LogP contribution in [0.5, 0.6) is 0 Å². The number of ether oxygens (including phenoxy) is 1. The van der Waals surface area contributed by atoms with Gasteiger partial charge in [-0.25, -0.2) is 19.3 Å². The summed E-state index contributed by atoms with van der Waals surface area (Å²) in [6.45, 7) is 7.65. The highest BCUT2D eigenvalue weighted by molar-refractivity contribution is 7.93. The van der Waals surface area contributed by atoms with Gasteiger partial charge in [0.1, 0.15) is 11.4 Å². The topological polar surface area (TPSA) is 96.5 Å². The maximum absolute atomic E-state index is 12.6. The van der Waals surface area contributed by atoms with Crippen molar-refractivity contribution in [2.75, 3.05) is 11.3 Å². The minimum absolute atomic E-state index is 0.109. The Kier molecular flexibility index (Phi) is 5.28. The third-order valence-corrected chi connectivity index (χ3v) is 5.28. The second-order valence-corrected chi connectivity index (χ2v) is 7.60. The van der Waals surface area contributed by atoms with E-state index in [9.17, 15) is 13.2 Å². The highest BCUT2D eigenvalue weighted by Crippen LogP contribution is 2.25. The number of hydrogen-bond donors (Lipinski definition) is 3. The van der Waals surface area contributed by atoms with Gasteiger partial charge in [-0.3, -0.25) is 9.52 Å². The zero-order valence-corrected chi connectivity index (χ0v) is 14.6. The quantitative estimate of drug-likeness (QED) is 0.694. The molecule has 128 valence electrons. The zero-order valence-electron chi connectivity index (χ0n) is 13.8. The van der Waals surface area contributed by atoms with Crippen molar-refractivity contribution in [3.05, 3.63) is 28.8 Å². The molecule has 0 spiro atoms. The number of benzene rings is 1. The molecule has 7 nitrogen and oxygen atoms in total. The van der Waals surface area contributed by atoms with Crippen LogP contribution in [0.2, 0.25) is 0 Å². The molecule has 0 radical (unpaired) electrons. The Morgan fingerprint density at radius 2 is 1.87 bits per heavy atom. The van der Waals surface area contributed by atoms with Crippen molar-refractivity contribution < 1.29 is 17.9 Å². The Hall–Kier alpha value is -1.64. The molecule has 1 aromatic rings. The number of esters is 1. The first kappa shape index (κ1) is 17.7. The molecule has 2 atom stereocenters. The van der Waals surface area contributed by atoms with Crippen molar-refractivity contribution in [3.63, 3.8) is 0 Å². The van der Waals surface area contributed by atoms with Gasteiger partial charge in [0, 0.05) is 6.42 Å². The van der Waals surface area contributed by atoms with Gasteiger partial charge in [-0.1, -0.05) is 17.7 Å². The second-order valence-electron chi connectivity index (χ2n) is 5.74. The van der Waals surface area contributed by atoms with E-state index in [1.54, 1.807) is 6.92 Å². The molecule has 0 bridgehead atoms. The van der Waals surface area contributed by atoms with Crippen molar-refractivity contribution in [1.82, 2.24) is 10.9 Å². The van der Waals surface area contributed by atoms with Gasteiger partial charge in [0.05, 0.1) is 12.3 Å². The molecular formula is C15H23N3O4S. The number of aryl methyl sites for hydroxylation is 3. The molecule has 2 unspecified atom stereocenters. The maximum Gasteiger partial charge on any atom is 0.324 e. The predicted molar refractivity (Wildman–Crippen MR) is 88.3 cm³/mol. The van der Waals surface area contributed by atoms with Crippen LogP contribution in [0.25, 0.3) is 0 Å². The maximum atomic E-state index is 12.6. The van der Waals surface area contributed by atoms with Crippen LogP contribution in [0.4, 0.5) is 5.69 Å². The molecule has 2 rings (SSSR count). The first-order valence-corrected chi connectivity index (χ1v) is 9.06. The van der Waals surface area contributed by atoms with Gasteiger partial charge in [-0.15, -0.1) is 0 Å². The number of hydrogen-bond acceptors (Lipinski definition) is 6. The third kappa shape index (κ3) is 4.01. The van der Waals surface area contributed by atoms with Crippen LogP contribution < -0.4 is 15.6 Å². The summed E-state index contributed by atoms with van der Waals surface area (Å²) in [5.74, 6) is -0.458. The Morgan fingerprint density at radius 1 is 1.26 bits per heavy atom. The lowest BCUT2D eigenvalue weighted by atomic mass is 10.1. The number of carbonyl (C=O) groups excluding carboxylic acids is 1. The van der Waals surface area contributed by atoms with Gasteiger partial charge < -0.3 is 4.74 Å². The fourth-order valence-corrected chi connectivity index (χ4v) is 4.10. The van der Waals surface area contributed by atoms with E-state index in [1.165, 1.54) is 0 Å². The molecule has 1 aliphatic heterocycles. The first-order chi connectivity index (χ1) is 10.7. The molecule has 1 aromatic carbocycles. The van der Waals surface area contributed by atoms with Crippen molar-refractivity contribution >= 4 is 21.7 Å². The molecule has 0 aromatic heterocycles. The van der Waals surface area contributed by atoms with Gasteiger partial charge >= 0.3 is 5.97 Å². The lowest BCUT2D eigenvalue weighted by Gasteiger charge is -2.17. The Labute approximate surface area is 136 Å². The van der Waals surface area contributed by atoms with E-state index in [-0.39, 0.29) is 13.0 Å². The Bertz CT molecular complexity index is 680. The van der Waals surface area contributed by atoms with Gasteiger partial charge in [-0.2, -0.15) is 0 Å². The lowest BCUT2D eigenvalue weighted by molar-refractivity contribution is -0.145. The highest BCUT2D eigenvalue weighted by atomic mass is 32.2. The Balaban J connectivity index is 2.13. The number of carbonyl (C=O) groups is 1. The average Bonchev–Trinajstić information content (AvgIpc) is 2.94. The van der Waals surface area contributed by atoms with Crippen LogP contribution in [-0.4, -0.2) is 32.4 Å². The van der Waals surface area contributed by atoms with E-state index in [2.05, 4.69) is 15.6 Å². The van der Waals surface area contributed by atoms with Gasteiger partial charge in [0.2, 0.25) is 10.0 Å². The molecule has 1 heterocycles. The standard InChI is InChI=1S/C15H23N3O4S/c1-5-22-15(19)12-8-13(17-16-12)23(20,21)18-14-10(3)6-9(2)7-11(14)4/h6-7,12-13,16-18H,5,8H2,1-4H3. The first-order valence-electron chi connectivity index (χ1n) is 7.51. The monoisotopic (exact) mass is 341 g/mol. The predicted octanol–water partition coefficient (Wildman–Crippen LogP) is 1.11. The second kappa shape index (κ2) is 6.86. The average molecular weight is 341 g/mol. The molecular weight excluding hydrogens is 318 g/mol. The molecule has 1 aliphatic rings. The molecule has 3 N–H and O–H groups in total. The van der Waals surface area contributed by atoms with E-state index >= 15 is 0 Å². The molecule has 8 heteroatoms. The molecule has 23 heavy (non-hydrogen) atoms. The summed E-state index contributed by atoms with van der Waals surface area (Å²) in [7, 11) is -3.68. The molecule has 1 saturated heterocycles. The van der Waals surface area contributed by atoms with Crippen molar-refractivity contribution in [3.8, 4) is 0 Å². The minimum atomic E-state index is -3.68. The van der Waals surface area contributed by atoms with Crippen LogP contribution in [0, 0.1) is 20.8 Å². The number of nitrogens with one attached hydrogen (secondary N) is 3. The molecule has 1 fully saturated rings. The summed E-state index contributed by atoms with van der Waals surface area (Å²) in [6, 6.07) is 3.18. The van der Waals surface area contributed by atoms with E-state index in [0.717, 1.165) is 16.7 Å². The number of rotatable bonds is 5. The number of hydrazine groups is 1.